The van der Waals surface area contributed by atoms with E-state index in [0.29, 0.717) is 22.8 Å². The average molecular weight is 478 g/mol. The number of carbonyl (C=O) groups excluding carboxylic acids is 1. The number of carbonyl (C=O) groups is 1. The molecule has 0 spiro atoms. The lowest BCUT2D eigenvalue weighted by atomic mass is 9.80. The van der Waals surface area contributed by atoms with Crippen molar-refractivity contribution in [3.05, 3.63) is 95.6 Å². The van der Waals surface area contributed by atoms with Crippen LogP contribution in [0.2, 0.25) is 0 Å². The van der Waals surface area contributed by atoms with E-state index in [-0.39, 0.29) is 19.4 Å². The summed E-state index contributed by atoms with van der Waals surface area (Å²) in [5, 5.41) is 10.3. The van der Waals surface area contributed by atoms with Crippen molar-refractivity contribution in [2.24, 2.45) is 5.41 Å². The van der Waals surface area contributed by atoms with Crippen molar-refractivity contribution in [2.45, 2.75) is 33.6 Å². The molecule has 0 fully saturated rings. The number of esters is 1. The maximum absolute atomic E-state index is 13.2. The summed E-state index contributed by atoms with van der Waals surface area (Å²) in [6, 6.07) is 24.8. The normalized spacial score (nSPS) is 11.1. The van der Waals surface area contributed by atoms with Crippen LogP contribution in [-0.4, -0.2) is 32.5 Å². The van der Waals surface area contributed by atoms with Crippen LogP contribution in [0.3, 0.4) is 0 Å². The highest BCUT2D eigenvalue weighted by Gasteiger charge is 2.42. The SMILES string of the molecule is CCOC(=O)C(C#N)(Cc1cccc(-c2cccc(C)n2)n1)Cc1cccc(-c2cccc(C)n2)n1. The Labute approximate surface area is 210 Å². The van der Waals surface area contributed by atoms with Crippen molar-refractivity contribution in [1.29, 1.82) is 5.26 Å². The van der Waals surface area contributed by atoms with Gasteiger partial charge in [-0.3, -0.25) is 24.7 Å². The van der Waals surface area contributed by atoms with Gasteiger partial charge in [0.05, 0.1) is 35.5 Å². The van der Waals surface area contributed by atoms with Crippen LogP contribution in [0.15, 0.2) is 72.8 Å². The minimum absolute atomic E-state index is 0.0800. The first-order valence-corrected chi connectivity index (χ1v) is 11.8. The maximum Gasteiger partial charge on any atom is 0.327 e. The molecule has 0 N–H and O–H groups in total. The molecule has 0 radical (unpaired) electrons. The molecule has 0 aliphatic rings. The molecule has 0 aromatic carbocycles. The van der Waals surface area contributed by atoms with Gasteiger partial charge in [-0.1, -0.05) is 24.3 Å². The Bertz CT molecular complexity index is 1340. The molecular weight excluding hydrogens is 450 g/mol. The van der Waals surface area contributed by atoms with Crippen molar-refractivity contribution >= 4 is 5.97 Å². The topological polar surface area (TPSA) is 102 Å². The number of hydrogen-bond donors (Lipinski definition) is 0. The number of nitriles is 1. The molecule has 7 heteroatoms. The third kappa shape index (κ3) is 5.61. The molecule has 4 rings (SSSR count). The Kier molecular flexibility index (Phi) is 7.45. The summed E-state index contributed by atoms with van der Waals surface area (Å²) >= 11 is 0. The molecule has 4 aromatic heterocycles. The first kappa shape index (κ1) is 24.7. The quantitative estimate of drug-likeness (QED) is 0.326. The second-order valence-electron chi connectivity index (χ2n) is 8.62. The molecule has 7 nitrogen and oxygen atoms in total. The van der Waals surface area contributed by atoms with E-state index in [9.17, 15) is 10.1 Å². The summed E-state index contributed by atoms with van der Waals surface area (Å²) in [4.78, 5) is 31.7. The first-order chi connectivity index (χ1) is 17.4. The smallest absolute Gasteiger partial charge is 0.327 e. The standard InChI is InChI=1S/C29H27N5O2/c1-4-36-28(35)29(19-30,17-22-11-7-15-26(33-22)24-13-5-9-20(2)31-24)18-23-12-8-16-27(34-23)25-14-6-10-21(3)32-25/h5-16H,4,17-18H2,1-3H3. The van der Waals surface area contributed by atoms with Crippen molar-refractivity contribution in [3.63, 3.8) is 0 Å². The summed E-state index contributed by atoms with van der Waals surface area (Å²) in [5.41, 5.74) is 4.29. The van der Waals surface area contributed by atoms with Gasteiger partial charge in [0.15, 0.2) is 5.41 Å². The van der Waals surface area contributed by atoms with Crippen LogP contribution >= 0.6 is 0 Å². The highest BCUT2D eigenvalue weighted by atomic mass is 16.5. The minimum atomic E-state index is -1.49. The van der Waals surface area contributed by atoms with Crippen molar-refractivity contribution in [3.8, 4) is 28.8 Å². The second-order valence-corrected chi connectivity index (χ2v) is 8.62. The third-order valence-corrected chi connectivity index (χ3v) is 5.76. The van der Waals surface area contributed by atoms with E-state index in [1.165, 1.54) is 0 Å². The zero-order valence-corrected chi connectivity index (χ0v) is 20.6. The fraction of sp³-hybridized carbons (Fsp3) is 0.241. The number of hydrogen-bond acceptors (Lipinski definition) is 7. The molecule has 0 bridgehead atoms. The van der Waals surface area contributed by atoms with Gasteiger partial charge in [-0.25, -0.2) is 0 Å². The lowest BCUT2D eigenvalue weighted by molar-refractivity contribution is -0.152. The highest BCUT2D eigenvalue weighted by molar-refractivity contribution is 5.81. The van der Waals surface area contributed by atoms with Crippen LogP contribution in [0.5, 0.6) is 0 Å². The van der Waals surface area contributed by atoms with Crippen LogP contribution < -0.4 is 0 Å². The van der Waals surface area contributed by atoms with Crippen LogP contribution in [0.4, 0.5) is 0 Å². The Balaban J connectivity index is 1.69. The van der Waals surface area contributed by atoms with Crippen LogP contribution in [0.1, 0.15) is 29.7 Å². The number of ether oxygens (including phenoxy) is 1. The fourth-order valence-corrected chi connectivity index (χ4v) is 4.03. The van der Waals surface area contributed by atoms with Gasteiger partial charge in [0, 0.05) is 35.6 Å². The van der Waals surface area contributed by atoms with Crippen molar-refractivity contribution < 1.29 is 9.53 Å². The Morgan fingerprint density at radius 2 is 1.17 bits per heavy atom. The van der Waals surface area contributed by atoms with Gasteiger partial charge in [-0.2, -0.15) is 5.26 Å². The molecule has 36 heavy (non-hydrogen) atoms. The van der Waals surface area contributed by atoms with Crippen molar-refractivity contribution in [2.75, 3.05) is 6.61 Å². The molecule has 4 heterocycles. The molecule has 0 aliphatic heterocycles. The molecule has 4 aromatic rings. The Hall–Kier alpha value is -4.44. The molecule has 0 saturated carbocycles. The fourth-order valence-electron chi connectivity index (χ4n) is 4.03. The average Bonchev–Trinajstić information content (AvgIpc) is 2.89. The number of aryl methyl sites for hydroxylation is 2. The van der Waals surface area contributed by atoms with Gasteiger partial charge in [0.2, 0.25) is 0 Å². The maximum atomic E-state index is 13.2. The number of pyridine rings is 4. The van der Waals surface area contributed by atoms with Crippen LogP contribution in [-0.2, 0) is 22.4 Å². The van der Waals surface area contributed by atoms with Crippen molar-refractivity contribution in [1.82, 2.24) is 19.9 Å². The third-order valence-electron chi connectivity index (χ3n) is 5.76. The zero-order valence-electron chi connectivity index (χ0n) is 20.6. The monoisotopic (exact) mass is 477 g/mol. The van der Waals surface area contributed by atoms with Gasteiger partial charge in [-0.05, 0) is 69.3 Å². The summed E-state index contributed by atoms with van der Waals surface area (Å²) in [5.74, 6) is -0.589. The largest absolute Gasteiger partial charge is 0.465 e. The van der Waals surface area contributed by atoms with Gasteiger partial charge in [0.1, 0.15) is 0 Å². The molecule has 0 saturated heterocycles. The first-order valence-electron chi connectivity index (χ1n) is 11.8. The molecule has 180 valence electrons. The number of aromatic nitrogens is 4. The van der Waals surface area contributed by atoms with E-state index in [4.69, 9.17) is 14.7 Å². The summed E-state index contributed by atoms with van der Waals surface area (Å²) < 4.78 is 5.36. The molecule has 0 unspecified atom stereocenters. The van der Waals surface area contributed by atoms with Crippen LogP contribution in [0.25, 0.3) is 22.8 Å². The number of rotatable bonds is 8. The summed E-state index contributed by atoms with van der Waals surface area (Å²) in [7, 11) is 0. The summed E-state index contributed by atoms with van der Waals surface area (Å²) in [6.45, 7) is 5.73. The highest BCUT2D eigenvalue weighted by Crippen LogP contribution is 2.30. The summed E-state index contributed by atoms with van der Waals surface area (Å²) in [6.07, 6.45) is 0.160. The van der Waals surface area contributed by atoms with E-state index < -0.39 is 11.4 Å². The van der Waals surface area contributed by atoms with E-state index in [0.717, 1.165) is 22.8 Å². The predicted molar refractivity (Wildman–Crippen MR) is 136 cm³/mol. The van der Waals surface area contributed by atoms with E-state index in [1.54, 1.807) is 6.92 Å². The lowest BCUT2D eigenvalue weighted by Gasteiger charge is -2.24. The second kappa shape index (κ2) is 10.9. The predicted octanol–water partition coefficient (Wildman–Crippen LogP) is 5.08. The Morgan fingerprint density at radius 1 is 0.750 bits per heavy atom. The van der Waals surface area contributed by atoms with E-state index in [1.807, 2.05) is 86.6 Å². The Morgan fingerprint density at radius 3 is 1.56 bits per heavy atom. The van der Waals surface area contributed by atoms with Gasteiger partial charge in [0.25, 0.3) is 0 Å². The lowest BCUT2D eigenvalue weighted by Crippen LogP contribution is -2.36. The van der Waals surface area contributed by atoms with Crippen LogP contribution in [0, 0.1) is 30.6 Å². The molecule has 0 aliphatic carbocycles. The number of nitrogens with zero attached hydrogens (tertiary/aromatic N) is 5. The molecule has 0 atom stereocenters. The zero-order chi connectivity index (χ0) is 25.5. The van der Waals surface area contributed by atoms with E-state index in [2.05, 4.69) is 16.0 Å². The van der Waals surface area contributed by atoms with Gasteiger partial charge in [-0.15, -0.1) is 0 Å². The minimum Gasteiger partial charge on any atom is -0.465 e. The van der Waals surface area contributed by atoms with Gasteiger partial charge < -0.3 is 4.74 Å². The molecule has 0 amide bonds. The van der Waals surface area contributed by atoms with Gasteiger partial charge >= 0.3 is 5.97 Å². The van der Waals surface area contributed by atoms with E-state index >= 15 is 0 Å². The molecular formula is C29H27N5O2.